The summed E-state index contributed by atoms with van der Waals surface area (Å²) in [6, 6.07) is 19.9. The van der Waals surface area contributed by atoms with Gasteiger partial charge in [-0.2, -0.15) is 13.2 Å². The van der Waals surface area contributed by atoms with Crippen molar-refractivity contribution in [3.05, 3.63) is 128 Å². The first-order valence-corrected chi connectivity index (χ1v) is 26.1. The minimum Gasteiger partial charge on any atom is -0.353 e. The molecule has 16 heteroatoms. The van der Waals surface area contributed by atoms with Gasteiger partial charge in [0.05, 0.1) is 22.0 Å². The third kappa shape index (κ3) is 8.97. The lowest BCUT2D eigenvalue weighted by atomic mass is 9.96. The van der Waals surface area contributed by atoms with Crippen molar-refractivity contribution >= 4 is 66.3 Å². The maximum Gasteiger partial charge on any atom is 0.416 e. The largest absolute Gasteiger partial charge is 0.416 e. The van der Waals surface area contributed by atoms with Crippen LogP contribution in [0.5, 0.6) is 0 Å². The molecule has 2 aliphatic carbocycles. The summed E-state index contributed by atoms with van der Waals surface area (Å²) in [5.74, 6) is 3.46. The molecule has 0 N–H and O–H groups in total. The fraction of sp³-hybridized carbons (Fsp3) is 0.358. The highest BCUT2D eigenvalue weighted by molar-refractivity contribution is 7.19. The third-order valence-electron chi connectivity index (χ3n) is 14.3. The predicted molar refractivity (Wildman–Crippen MR) is 271 cm³/mol. The van der Waals surface area contributed by atoms with Gasteiger partial charge >= 0.3 is 6.18 Å². The Morgan fingerprint density at radius 1 is 0.551 bits per heavy atom. The molecular weight excluding hydrogens is 933 g/mol. The zero-order valence-electron chi connectivity index (χ0n) is 38.1. The molecule has 6 aromatic heterocycles. The van der Waals surface area contributed by atoms with Gasteiger partial charge in [-0.05, 0) is 122 Å². The quantitative estimate of drug-likeness (QED) is 0.139. The molecule has 69 heavy (non-hydrogen) atoms. The van der Waals surface area contributed by atoms with E-state index >= 15 is 0 Å². The second kappa shape index (κ2) is 18.6. The smallest absolute Gasteiger partial charge is 0.353 e. The van der Waals surface area contributed by atoms with Crippen LogP contribution in [0.4, 0.5) is 24.8 Å². The van der Waals surface area contributed by atoms with Crippen LogP contribution in [0.25, 0.3) is 54.5 Å². The molecule has 0 saturated carbocycles. The van der Waals surface area contributed by atoms with Crippen molar-refractivity contribution < 1.29 is 13.2 Å². The summed E-state index contributed by atoms with van der Waals surface area (Å²) in [4.78, 5) is 44.7. The van der Waals surface area contributed by atoms with E-state index in [-0.39, 0.29) is 0 Å². The minimum atomic E-state index is -4.34. The van der Waals surface area contributed by atoms with E-state index in [2.05, 4.69) is 42.8 Å². The Morgan fingerprint density at radius 2 is 1.07 bits per heavy atom. The highest BCUT2D eigenvalue weighted by Crippen LogP contribution is 2.43. The third-order valence-corrected chi connectivity index (χ3v) is 17.0. The molecule has 4 aliphatic rings. The normalized spacial score (nSPS) is 17.2. The first-order chi connectivity index (χ1) is 33.7. The molecule has 0 bridgehead atoms. The molecule has 0 amide bonds. The van der Waals surface area contributed by atoms with Crippen molar-refractivity contribution in [1.82, 2.24) is 39.7 Å². The highest BCUT2D eigenvalue weighted by Gasteiger charge is 2.31. The van der Waals surface area contributed by atoms with E-state index in [1.165, 1.54) is 68.6 Å². The average Bonchev–Trinajstić information content (AvgIpc) is 3.96. The van der Waals surface area contributed by atoms with Gasteiger partial charge < -0.3 is 9.80 Å². The summed E-state index contributed by atoms with van der Waals surface area (Å²) in [5.41, 5.74) is 7.79. The molecule has 352 valence electrons. The first kappa shape index (κ1) is 44.6. The topological polar surface area (TPSA) is 90.3 Å². The molecule has 2 aromatic carbocycles. The summed E-state index contributed by atoms with van der Waals surface area (Å²) >= 11 is 10.6. The van der Waals surface area contributed by atoms with Crippen LogP contribution in [-0.2, 0) is 44.9 Å². The number of pyridine rings is 2. The van der Waals surface area contributed by atoms with Gasteiger partial charge in [0.15, 0.2) is 11.6 Å². The molecule has 2 aliphatic heterocycles. The molecule has 8 heterocycles. The summed E-state index contributed by atoms with van der Waals surface area (Å²) < 4.78 is 39.6. The van der Waals surface area contributed by atoms with Crippen LogP contribution in [-0.4, -0.2) is 92.1 Å². The second-order valence-corrected chi connectivity index (χ2v) is 21.3. The molecule has 10 nitrogen and oxygen atoms in total. The van der Waals surface area contributed by atoms with E-state index in [0.717, 1.165) is 146 Å². The maximum atomic E-state index is 13.2. The van der Waals surface area contributed by atoms with Crippen LogP contribution in [0.3, 0.4) is 0 Å². The van der Waals surface area contributed by atoms with E-state index in [4.69, 9.17) is 36.5 Å². The van der Waals surface area contributed by atoms with Gasteiger partial charge in [-0.1, -0.05) is 29.8 Å². The molecule has 2 fully saturated rings. The zero-order valence-corrected chi connectivity index (χ0v) is 40.5. The number of thiophene rings is 2. The highest BCUT2D eigenvalue weighted by atomic mass is 35.5. The Morgan fingerprint density at radius 3 is 1.65 bits per heavy atom. The van der Waals surface area contributed by atoms with Crippen molar-refractivity contribution in [2.24, 2.45) is 0 Å². The van der Waals surface area contributed by atoms with Crippen molar-refractivity contribution in [3.8, 4) is 34.0 Å². The van der Waals surface area contributed by atoms with Crippen molar-refractivity contribution in [2.75, 3.05) is 62.2 Å². The number of hydrogen-bond donors (Lipinski definition) is 0. The summed E-state index contributed by atoms with van der Waals surface area (Å²) in [5, 5.41) is 3.07. The van der Waals surface area contributed by atoms with Gasteiger partial charge in [0, 0.05) is 116 Å². The molecule has 0 atom stereocenters. The maximum absolute atomic E-state index is 13.2. The monoisotopic (exact) mass is 982 g/mol. The number of benzene rings is 2. The van der Waals surface area contributed by atoms with Crippen LogP contribution in [0.15, 0.2) is 85.3 Å². The Kier molecular flexibility index (Phi) is 12.0. The van der Waals surface area contributed by atoms with Gasteiger partial charge in [-0.15, -0.1) is 22.7 Å². The molecule has 0 unspecified atom stereocenters. The Bertz CT molecular complexity index is 3180. The number of anilines is 2. The van der Waals surface area contributed by atoms with Crippen molar-refractivity contribution in [2.45, 2.75) is 70.6 Å². The van der Waals surface area contributed by atoms with Gasteiger partial charge in [0.25, 0.3) is 0 Å². The van der Waals surface area contributed by atoms with Crippen LogP contribution >= 0.6 is 34.3 Å². The molecule has 12 rings (SSSR count). The number of nitrogens with zero attached hydrogens (tertiary/aromatic N) is 10. The SMILES string of the molecule is FC(F)(F)c1ccc(CN2CCN(c3nc(-c4ccnc(-c5cc(CN6CCN(c7nc(-c8ccncc8)nc8sc9c(c78)CCCC9)CC6)ccc5Cl)c4)nc4sc5c(c34)CCCC5)CC2)cc1. The van der Waals surface area contributed by atoms with Crippen LogP contribution in [0, 0.1) is 0 Å². The number of aryl methyl sites for hydroxylation is 4. The number of alkyl halides is 3. The summed E-state index contributed by atoms with van der Waals surface area (Å²) in [6.07, 6.45) is 10.2. The minimum absolute atomic E-state index is 0.601. The van der Waals surface area contributed by atoms with Crippen molar-refractivity contribution in [1.29, 1.82) is 0 Å². The number of hydrogen-bond acceptors (Lipinski definition) is 12. The van der Waals surface area contributed by atoms with Gasteiger partial charge in [0.1, 0.15) is 21.3 Å². The number of rotatable bonds is 9. The van der Waals surface area contributed by atoms with E-state index in [1.807, 2.05) is 54.2 Å². The molecule has 2 saturated heterocycles. The predicted octanol–water partition coefficient (Wildman–Crippen LogP) is 11.6. The van der Waals surface area contributed by atoms with Crippen LogP contribution in [0.2, 0.25) is 5.02 Å². The lowest BCUT2D eigenvalue weighted by molar-refractivity contribution is -0.137. The lowest BCUT2D eigenvalue weighted by Crippen LogP contribution is -2.46. The van der Waals surface area contributed by atoms with Gasteiger partial charge in [-0.25, -0.2) is 19.9 Å². The first-order valence-electron chi connectivity index (χ1n) is 24.1. The Labute approximate surface area is 411 Å². The molecule has 0 spiro atoms. The van der Waals surface area contributed by atoms with E-state index in [1.54, 1.807) is 23.5 Å². The second-order valence-electron chi connectivity index (χ2n) is 18.7. The lowest BCUT2D eigenvalue weighted by Gasteiger charge is -2.36. The van der Waals surface area contributed by atoms with Gasteiger partial charge in [0.2, 0.25) is 0 Å². The Hall–Kier alpha value is -5.58. The average molecular weight is 984 g/mol. The fourth-order valence-corrected chi connectivity index (χ4v) is 13.4. The standard InChI is InChI=1S/C53H50ClF3N10S2/c54-41-14-11-34(32-65-23-27-66(28-24-65)49-45-38-5-1-3-7-43(38)68-51(45)62-47(60-49)35-15-18-58-19-16-35)29-40(41)42-30-36(17-20-59-42)48-61-50(46-39-6-2-4-8-44(39)69-52(46)63-48)67-25-21-64(22-26-67)31-33-9-12-37(13-10-33)53(55,56)57/h9-20,29-30H,1-8,21-28,31-32H2. The molecular formula is C53H50ClF3N10S2. The van der Waals surface area contributed by atoms with E-state index in [0.29, 0.717) is 17.4 Å². The van der Waals surface area contributed by atoms with Gasteiger partial charge in [-0.3, -0.25) is 19.8 Å². The Balaban J connectivity index is 0.774. The molecule has 0 radical (unpaired) electrons. The zero-order chi connectivity index (χ0) is 46.6. The number of aromatic nitrogens is 6. The van der Waals surface area contributed by atoms with Crippen molar-refractivity contribution in [3.63, 3.8) is 0 Å². The number of halogens is 4. The summed E-state index contributed by atoms with van der Waals surface area (Å²) in [6.45, 7) is 7.98. The van der Waals surface area contributed by atoms with Crippen LogP contribution in [0.1, 0.15) is 63.3 Å². The number of fused-ring (bicyclic) bond motifs is 6. The van der Waals surface area contributed by atoms with E-state index in [9.17, 15) is 13.2 Å². The fourth-order valence-electron chi connectivity index (χ4n) is 10.6. The van der Waals surface area contributed by atoms with Crippen LogP contribution < -0.4 is 9.80 Å². The number of piperazine rings is 2. The summed E-state index contributed by atoms with van der Waals surface area (Å²) in [7, 11) is 0. The van der Waals surface area contributed by atoms with E-state index < -0.39 is 11.7 Å². The molecule has 8 aromatic rings.